The van der Waals surface area contributed by atoms with Gasteiger partial charge >= 0.3 is 0 Å². The third-order valence-electron chi connectivity index (χ3n) is 5.32. The lowest BCUT2D eigenvalue weighted by Crippen LogP contribution is -2.57. The van der Waals surface area contributed by atoms with Gasteiger partial charge in [0.2, 0.25) is 0 Å². The first-order chi connectivity index (χ1) is 11.0. The molecule has 4 nitrogen and oxygen atoms in total. The van der Waals surface area contributed by atoms with E-state index in [4.69, 9.17) is 9.52 Å². The summed E-state index contributed by atoms with van der Waals surface area (Å²) in [6, 6.07) is 4.84. The zero-order valence-electron chi connectivity index (χ0n) is 14.3. The predicted octanol–water partition coefficient (Wildman–Crippen LogP) is 3.63. The summed E-state index contributed by atoms with van der Waals surface area (Å²) in [4.78, 5) is 2.14. The van der Waals surface area contributed by atoms with Gasteiger partial charge in [0.15, 0.2) is 0 Å². The Balaban J connectivity index is 2.15. The molecular formula is C17H24F2N2O2S. The minimum atomic E-state index is -2.90. The first-order valence-electron chi connectivity index (χ1n) is 8.14. The van der Waals surface area contributed by atoms with Crippen LogP contribution in [-0.4, -0.2) is 42.2 Å². The third kappa shape index (κ3) is 2.81. The van der Waals surface area contributed by atoms with Gasteiger partial charge in [-0.15, -0.1) is 0 Å². The second-order valence-corrected chi connectivity index (χ2v) is 9.48. The highest BCUT2D eigenvalue weighted by atomic mass is 32.2. The number of hydrogen-bond donors (Lipinski definition) is 1. The van der Waals surface area contributed by atoms with Crippen molar-refractivity contribution < 1.29 is 17.7 Å². The van der Waals surface area contributed by atoms with Crippen LogP contribution >= 0.6 is 0 Å². The molecule has 2 heterocycles. The molecule has 0 aliphatic carbocycles. The molecule has 0 radical (unpaired) electrons. The van der Waals surface area contributed by atoms with Crippen molar-refractivity contribution in [1.82, 2.24) is 0 Å². The van der Waals surface area contributed by atoms with E-state index in [9.17, 15) is 13.0 Å². The quantitative estimate of drug-likeness (QED) is 0.878. The lowest BCUT2D eigenvalue weighted by atomic mass is 9.74. The average Bonchev–Trinajstić information content (AvgIpc) is 2.51. The van der Waals surface area contributed by atoms with Crippen molar-refractivity contribution in [2.24, 2.45) is 0 Å². The number of nitrogens with one attached hydrogen (secondary N) is 1. The van der Waals surface area contributed by atoms with Crippen LogP contribution < -0.4 is 4.90 Å². The van der Waals surface area contributed by atoms with Crippen LogP contribution in [0.1, 0.15) is 32.3 Å². The molecule has 1 fully saturated rings. The van der Waals surface area contributed by atoms with E-state index in [1.165, 1.54) is 6.26 Å². The van der Waals surface area contributed by atoms with Gasteiger partial charge in [-0.05, 0) is 44.4 Å². The lowest BCUT2D eigenvalue weighted by Gasteiger charge is -2.49. The van der Waals surface area contributed by atoms with Gasteiger partial charge in [0.05, 0.1) is 21.7 Å². The summed E-state index contributed by atoms with van der Waals surface area (Å²) in [5.74, 6) is -2.87. The number of anilines is 1. The Morgan fingerprint density at radius 1 is 1.29 bits per heavy atom. The molecule has 1 aromatic carbocycles. The van der Waals surface area contributed by atoms with Gasteiger partial charge in [-0.25, -0.2) is 17.8 Å². The fourth-order valence-electron chi connectivity index (χ4n) is 3.54. The molecule has 0 aromatic heterocycles. The van der Waals surface area contributed by atoms with E-state index in [1.54, 1.807) is 36.9 Å². The molecule has 1 aromatic rings. The second kappa shape index (κ2) is 5.66. The molecule has 2 aliphatic rings. The van der Waals surface area contributed by atoms with E-state index < -0.39 is 21.1 Å². The highest BCUT2D eigenvalue weighted by Gasteiger charge is 2.54. The van der Waals surface area contributed by atoms with E-state index in [0.717, 1.165) is 0 Å². The summed E-state index contributed by atoms with van der Waals surface area (Å²) in [5.41, 5.74) is -0.0612. The smallest absolute Gasteiger partial charge is 0.274 e. The number of alkyl halides is 2. The molecule has 3 rings (SSSR count). The SMILES string of the molecule is CC1(C)c2ccc([S@@](C)(=N)=O)cc2N(C2CCOCC2)CC1(F)F. The standard InChI is InChI=1S/C17H24F2N2O2S/c1-16(2)14-5-4-13(24(3,20)22)10-15(14)21(11-17(16,18)19)12-6-8-23-9-7-12/h4-5,10,12,20H,6-9,11H2,1-3H3/t24-/m0/s1. The molecule has 0 spiro atoms. The molecular weight excluding hydrogens is 334 g/mol. The molecule has 24 heavy (non-hydrogen) atoms. The summed E-state index contributed by atoms with van der Waals surface area (Å²) < 4.78 is 55.0. The van der Waals surface area contributed by atoms with Crippen molar-refractivity contribution in [3.05, 3.63) is 23.8 Å². The highest BCUT2D eigenvalue weighted by Crippen LogP contribution is 2.49. The Hall–Kier alpha value is -1.21. The van der Waals surface area contributed by atoms with Crippen LogP contribution in [0.2, 0.25) is 0 Å². The highest BCUT2D eigenvalue weighted by molar-refractivity contribution is 7.91. The monoisotopic (exact) mass is 358 g/mol. The molecule has 2 aliphatic heterocycles. The summed E-state index contributed by atoms with van der Waals surface area (Å²) >= 11 is 0. The summed E-state index contributed by atoms with van der Waals surface area (Å²) in [5, 5.41) is 0. The summed E-state index contributed by atoms with van der Waals surface area (Å²) in [6.07, 6.45) is 2.75. The van der Waals surface area contributed by atoms with E-state index in [0.29, 0.717) is 42.2 Å². The Morgan fingerprint density at radius 3 is 2.50 bits per heavy atom. The molecule has 0 saturated carbocycles. The van der Waals surface area contributed by atoms with Crippen molar-refractivity contribution in [2.45, 2.75) is 49.0 Å². The van der Waals surface area contributed by atoms with Crippen LogP contribution in [0.25, 0.3) is 0 Å². The number of hydrogen-bond acceptors (Lipinski definition) is 4. The minimum Gasteiger partial charge on any atom is -0.381 e. The Kier molecular flexibility index (Phi) is 4.15. The van der Waals surface area contributed by atoms with E-state index in [-0.39, 0.29) is 12.6 Å². The van der Waals surface area contributed by atoms with Crippen LogP contribution in [0.3, 0.4) is 0 Å². The average molecular weight is 358 g/mol. The number of benzene rings is 1. The van der Waals surface area contributed by atoms with Crippen LogP contribution in [0.15, 0.2) is 23.1 Å². The number of ether oxygens (including phenoxy) is 1. The van der Waals surface area contributed by atoms with Crippen molar-refractivity contribution in [1.29, 1.82) is 4.78 Å². The van der Waals surface area contributed by atoms with Gasteiger partial charge in [0.25, 0.3) is 5.92 Å². The van der Waals surface area contributed by atoms with Gasteiger partial charge in [0, 0.05) is 36.1 Å². The topological polar surface area (TPSA) is 53.4 Å². The molecule has 1 saturated heterocycles. The molecule has 7 heteroatoms. The third-order valence-corrected chi connectivity index (χ3v) is 6.47. The van der Waals surface area contributed by atoms with Crippen molar-refractivity contribution in [2.75, 3.05) is 30.9 Å². The number of fused-ring (bicyclic) bond motifs is 1. The van der Waals surface area contributed by atoms with Gasteiger partial charge in [-0.3, -0.25) is 0 Å². The van der Waals surface area contributed by atoms with Crippen molar-refractivity contribution in [3.8, 4) is 0 Å². The van der Waals surface area contributed by atoms with Gasteiger partial charge in [0.1, 0.15) is 0 Å². The predicted molar refractivity (Wildman–Crippen MR) is 90.7 cm³/mol. The summed E-state index contributed by atoms with van der Waals surface area (Å²) in [6.45, 7) is 3.87. The van der Waals surface area contributed by atoms with Crippen LogP contribution in [0.4, 0.5) is 14.5 Å². The maximum Gasteiger partial charge on any atom is 0.274 e. The second-order valence-electron chi connectivity index (χ2n) is 7.32. The number of nitrogens with zero attached hydrogens (tertiary/aromatic N) is 1. The maximum absolute atomic E-state index is 14.8. The van der Waals surface area contributed by atoms with E-state index in [2.05, 4.69) is 0 Å². The number of rotatable bonds is 2. The lowest BCUT2D eigenvalue weighted by molar-refractivity contribution is -0.0656. The zero-order valence-corrected chi connectivity index (χ0v) is 15.1. The van der Waals surface area contributed by atoms with E-state index >= 15 is 0 Å². The molecule has 134 valence electrons. The fourth-order valence-corrected chi connectivity index (χ4v) is 4.20. The summed E-state index contributed by atoms with van der Waals surface area (Å²) in [7, 11) is -2.90. The van der Waals surface area contributed by atoms with Gasteiger partial charge < -0.3 is 9.64 Å². The first kappa shape index (κ1) is 17.6. The van der Waals surface area contributed by atoms with Crippen LogP contribution in [-0.2, 0) is 19.9 Å². The maximum atomic E-state index is 14.8. The minimum absolute atomic E-state index is 0.0200. The Labute approximate surface area is 142 Å². The van der Waals surface area contributed by atoms with E-state index in [1.807, 2.05) is 0 Å². The fraction of sp³-hybridized carbons (Fsp3) is 0.647. The number of halogens is 2. The zero-order chi connectivity index (χ0) is 17.8. The molecule has 0 bridgehead atoms. The molecule has 0 unspecified atom stereocenters. The van der Waals surface area contributed by atoms with Gasteiger partial charge in [-0.1, -0.05) is 6.07 Å². The van der Waals surface area contributed by atoms with Crippen LogP contribution in [0.5, 0.6) is 0 Å². The Morgan fingerprint density at radius 2 is 1.92 bits per heavy atom. The Bertz CT molecular complexity index is 741. The largest absolute Gasteiger partial charge is 0.381 e. The van der Waals surface area contributed by atoms with Crippen LogP contribution in [0, 0.1) is 4.78 Å². The van der Waals surface area contributed by atoms with Gasteiger partial charge in [-0.2, -0.15) is 0 Å². The van der Waals surface area contributed by atoms with Crippen molar-refractivity contribution in [3.63, 3.8) is 0 Å². The first-order valence-corrected chi connectivity index (χ1v) is 10.1. The molecule has 1 atom stereocenters. The molecule has 0 amide bonds. The normalized spacial score (nSPS) is 25.8. The van der Waals surface area contributed by atoms with Crippen molar-refractivity contribution >= 4 is 15.4 Å². The molecule has 1 N–H and O–H groups in total.